The van der Waals surface area contributed by atoms with E-state index in [1.807, 2.05) is 43.4 Å². The van der Waals surface area contributed by atoms with E-state index in [4.69, 9.17) is 11.6 Å². The Hall–Kier alpha value is -1.83. The highest BCUT2D eigenvalue weighted by Crippen LogP contribution is 2.47. The Morgan fingerprint density at radius 3 is 2.92 bits per heavy atom. The first-order chi connectivity index (χ1) is 12.5. The Kier molecular flexibility index (Phi) is 4.77. The minimum atomic E-state index is -0.0821. The topological polar surface area (TPSA) is 59.8 Å². The lowest BCUT2D eigenvalue weighted by Gasteiger charge is -2.17. The van der Waals surface area contributed by atoms with Crippen molar-refractivity contribution in [3.63, 3.8) is 0 Å². The summed E-state index contributed by atoms with van der Waals surface area (Å²) in [5.41, 5.74) is 3.54. The molecule has 3 heterocycles. The van der Waals surface area contributed by atoms with Gasteiger partial charge in [-0.25, -0.2) is 0 Å². The summed E-state index contributed by atoms with van der Waals surface area (Å²) in [7, 11) is 1.83. The molecular weight excluding hydrogens is 436 g/mol. The van der Waals surface area contributed by atoms with E-state index in [2.05, 4.69) is 31.3 Å². The summed E-state index contributed by atoms with van der Waals surface area (Å²) < 4.78 is 2.61. The number of nitrogens with zero attached hydrogens (tertiary/aromatic N) is 3. The zero-order valence-electron chi connectivity index (χ0n) is 13.7. The summed E-state index contributed by atoms with van der Waals surface area (Å²) in [6, 6.07) is 11.4. The number of benzene rings is 1. The van der Waals surface area contributed by atoms with Gasteiger partial charge >= 0.3 is 0 Å². The van der Waals surface area contributed by atoms with Gasteiger partial charge in [0.2, 0.25) is 5.91 Å². The predicted molar refractivity (Wildman–Crippen MR) is 109 cm³/mol. The normalized spacial score (nSPS) is 16.7. The zero-order valence-corrected chi connectivity index (χ0v) is 16.9. The molecule has 4 rings (SSSR count). The minimum absolute atomic E-state index is 0.0422. The van der Waals surface area contributed by atoms with Gasteiger partial charge in [0.1, 0.15) is 11.5 Å². The van der Waals surface area contributed by atoms with Crippen molar-refractivity contribution in [1.29, 1.82) is 0 Å². The maximum Gasteiger partial charge on any atom is 0.235 e. The lowest BCUT2D eigenvalue weighted by molar-refractivity contribution is -0.113. The molecule has 5 nitrogen and oxygen atoms in total. The summed E-state index contributed by atoms with van der Waals surface area (Å²) in [6.07, 6.45) is 1.74. The molecule has 0 fully saturated rings. The number of anilines is 1. The molecule has 8 heteroatoms. The van der Waals surface area contributed by atoms with Crippen LogP contribution in [0.4, 0.5) is 5.82 Å². The maximum atomic E-state index is 12.2. The molecule has 0 bridgehead atoms. The summed E-state index contributed by atoms with van der Waals surface area (Å²) >= 11 is 11.3. The Morgan fingerprint density at radius 2 is 2.19 bits per heavy atom. The molecule has 0 saturated heterocycles. The number of rotatable bonds is 2. The van der Waals surface area contributed by atoms with Gasteiger partial charge in [-0.2, -0.15) is 5.10 Å². The molecule has 1 amide bonds. The van der Waals surface area contributed by atoms with Gasteiger partial charge in [-0.1, -0.05) is 39.7 Å². The number of carbonyl (C=O) groups is 1. The van der Waals surface area contributed by atoms with Crippen LogP contribution in [-0.2, 0) is 11.8 Å². The van der Waals surface area contributed by atoms with Gasteiger partial charge in [-0.3, -0.25) is 14.5 Å². The van der Waals surface area contributed by atoms with Crippen LogP contribution in [0.3, 0.4) is 0 Å². The number of amides is 1. The van der Waals surface area contributed by atoms with E-state index in [1.54, 1.807) is 22.6 Å². The van der Waals surface area contributed by atoms with E-state index in [1.165, 1.54) is 0 Å². The van der Waals surface area contributed by atoms with Crippen LogP contribution in [0, 0.1) is 0 Å². The van der Waals surface area contributed by atoms with Crippen molar-refractivity contribution in [2.75, 3.05) is 11.1 Å². The Labute approximate surface area is 168 Å². The molecule has 132 valence electrons. The number of halogens is 2. The number of aromatic nitrogens is 3. The van der Waals surface area contributed by atoms with Crippen LogP contribution < -0.4 is 5.32 Å². The highest BCUT2D eigenvalue weighted by molar-refractivity contribution is 9.10. The smallest absolute Gasteiger partial charge is 0.235 e. The van der Waals surface area contributed by atoms with Crippen LogP contribution in [0.5, 0.6) is 0 Å². The highest BCUT2D eigenvalue weighted by atomic mass is 79.9. The van der Waals surface area contributed by atoms with Crippen LogP contribution in [-0.4, -0.2) is 26.4 Å². The van der Waals surface area contributed by atoms with Crippen molar-refractivity contribution in [1.82, 2.24) is 14.8 Å². The molecule has 0 spiro atoms. The SMILES string of the molecule is Cn1nc(-c2ccccn2)c2c1NC(=O)CSC2c1ccc(Cl)cc1Br. The number of fused-ring (bicyclic) bond motifs is 1. The molecule has 0 saturated carbocycles. The first kappa shape index (κ1) is 17.6. The lowest BCUT2D eigenvalue weighted by Crippen LogP contribution is -2.15. The number of hydrogen-bond donors (Lipinski definition) is 1. The summed E-state index contributed by atoms with van der Waals surface area (Å²) in [4.78, 5) is 16.7. The molecule has 3 aromatic rings. The molecule has 1 atom stereocenters. The average Bonchev–Trinajstić information content (AvgIpc) is 2.83. The quantitative estimate of drug-likeness (QED) is 0.617. The van der Waals surface area contributed by atoms with Gasteiger partial charge in [0.15, 0.2) is 0 Å². The third-order valence-electron chi connectivity index (χ3n) is 4.14. The van der Waals surface area contributed by atoms with E-state index in [0.29, 0.717) is 16.6 Å². The molecular formula is C18H14BrClN4OS. The monoisotopic (exact) mass is 448 g/mol. The summed E-state index contributed by atoms with van der Waals surface area (Å²) in [5.74, 6) is 1.02. The van der Waals surface area contributed by atoms with Crippen molar-refractivity contribution in [3.8, 4) is 11.4 Å². The molecule has 0 radical (unpaired) electrons. The number of aryl methyl sites for hydroxylation is 1. The molecule has 1 N–H and O–H groups in total. The number of thioether (sulfide) groups is 1. The fourth-order valence-electron chi connectivity index (χ4n) is 3.00. The number of nitrogens with one attached hydrogen (secondary N) is 1. The standard InChI is InChI=1S/C18H14BrClN4OS/c1-24-18-15(16(23-24)13-4-2-3-7-21-13)17(26-9-14(25)22-18)11-6-5-10(20)8-12(11)19/h2-8,17H,9H2,1H3,(H,22,25). The Bertz CT molecular complexity index is 992. The largest absolute Gasteiger partial charge is 0.310 e. The molecule has 1 aliphatic heterocycles. The highest BCUT2D eigenvalue weighted by Gasteiger charge is 2.32. The van der Waals surface area contributed by atoms with Gasteiger partial charge in [0.05, 0.1) is 16.7 Å². The summed E-state index contributed by atoms with van der Waals surface area (Å²) in [6.45, 7) is 0. The molecule has 1 aliphatic rings. The number of pyridine rings is 1. The van der Waals surface area contributed by atoms with Crippen LogP contribution in [0.25, 0.3) is 11.4 Å². The minimum Gasteiger partial charge on any atom is -0.310 e. The number of carbonyl (C=O) groups excluding carboxylic acids is 1. The van der Waals surface area contributed by atoms with E-state index < -0.39 is 0 Å². The van der Waals surface area contributed by atoms with Crippen molar-refractivity contribution in [2.24, 2.45) is 7.05 Å². The first-order valence-electron chi connectivity index (χ1n) is 7.89. The van der Waals surface area contributed by atoms with Gasteiger partial charge in [-0.05, 0) is 29.8 Å². The van der Waals surface area contributed by atoms with E-state index >= 15 is 0 Å². The van der Waals surface area contributed by atoms with Crippen molar-refractivity contribution in [2.45, 2.75) is 5.25 Å². The predicted octanol–water partition coefficient (Wildman–Crippen LogP) is 4.67. The van der Waals surface area contributed by atoms with Crippen LogP contribution >= 0.6 is 39.3 Å². The van der Waals surface area contributed by atoms with Crippen molar-refractivity contribution in [3.05, 3.63) is 63.2 Å². The van der Waals surface area contributed by atoms with E-state index in [9.17, 15) is 4.79 Å². The average molecular weight is 450 g/mol. The third-order valence-corrected chi connectivity index (χ3v) is 6.31. The second-order valence-corrected chi connectivity index (χ2v) is 8.24. The maximum absolute atomic E-state index is 12.2. The van der Waals surface area contributed by atoms with Crippen molar-refractivity contribution < 1.29 is 4.79 Å². The molecule has 2 aromatic heterocycles. The van der Waals surface area contributed by atoms with Crippen molar-refractivity contribution >= 4 is 51.0 Å². The number of hydrogen-bond acceptors (Lipinski definition) is 4. The second kappa shape index (κ2) is 7.06. The molecule has 1 unspecified atom stereocenters. The lowest BCUT2D eigenvalue weighted by atomic mass is 10.0. The fraction of sp³-hybridized carbons (Fsp3) is 0.167. The summed E-state index contributed by atoms with van der Waals surface area (Å²) in [5, 5.41) is 8.20. The molecule has 26 heavy (non-hydrogen) atoms. The van der Waals surface area contributed by atoms with Crippen LogP contribution in [0.2, 0.25) is 5.02 Å². The van der Waals surface area contributed by atoms with Crippen LogP contribution in [0.15, 0.2) is 47.1 Å². The Morgan fingerprint density at radius 1 is 1.35 bits per heavy atom. The fourth-order valence-corrected chi connectivity index (χ4v) is 5.23. The first-order valence-corrected chi connectivity index (χ1v) is 10.1. The van der Waals surface area contributed by atoms with Gasteiger partial charge < -0.3 is 5.32 Å². The van der Waals surface area contributed by atoms with Gasteiger partial charge in [0, 0.05) is 28.3 Å². The van der Waals surface area contributed by atoms with E-state index in [0.717, 1.165) is 27.0 Å². The van der Waals surface area contributed by atoms with Gasteiger partial charge in [0.25, 0.3) is 0 Å². The van der Waals surface area contributed by atoms with E-state index in [-0.39, 0.29) is 11.2 Å². The van der Waals surface area contributed by atoms with Gasteiger partial charge in [-0.15, -0.1) is 11.8 Å². The zero-order chi connectivity index (χ0) is 18.3. The molecule has 0 aliphatic carbocycles. The Balaban J connectivity index is 1.95. The second-order valence-electron chi connectivity index (χ2n) is 5.85. The molecule has 1 aromatic carbocycles. The van der Waals surface area contributed by atoms with Crippen LogP contribution in [0.1, 0.15) is 16.4 Å². The third kappa shape index (κ3) is 3.15.